The maximum atomic E-state index is 4.13. The van der Waals surface area contributed by atoms with E-state index in [0.29, 0.717) is 0 Å². The average Bonchev–Trinajstić information content (AvgIpc) is 1.54. The molecule has 0 saturated heterocycles. The van der Waals surface area contributed by atoms with Crippen LogP contribution in [-0.2, 0) is 11.8 Å². The number of allylic oxidation sites excluding steroid dienone is 5. The molecule has 1 aliphatic rings. The average molecular weight is 1380 g/mol. The fourth-order valence-corrected chi connectivity index (χ4v) is 20.7. The van der Waals surface area contributed by atoms with Gasteiger partial charge in [-0.25, -0.2) is 0 Å². The van der Waals surface area contributed by atoms with Crippen LogP contribution in [0.5, 0.6) is 0 Å². The van der Waals surface area contributed by atoms with E-state index in [0.717, 1.165) is 11.3 Å². The van der Waals surface area contributed by atoms with Gasteiger partial charge in [0.1, 0.15) is 0 Å². The van der Waals surface area contributed by atoms with Crippen molar-refractivity contribution in [2.45, 2.75) is 118 Å². The molecule has 0 aliphatic heterocycles. The Morgan fingerprint density at radius 1 is 0.443 bits per heavy atom. The largest absolute Gasteiger partial charge is 0.143 e. The van der Waals surface area contributed by atoms with Crippen molar-refractivity contribution >= 4 is 104 Å². The first-order valence-electron chi connectivity index (χ1n) is 34.4. The van der Waals surface area contributed by atoms with Gasteiger partial charge in [0.05, 0.1) is 5.41 Å². The molecule has 492 valence electrons. The number of hydrogen-bond acceptors (Lipinski definition) is 3. The van der Waals surface area contributed by atoms with Gasteiger partial charge in [0.15, 0.2) is 0 Å². The second-order valence-electron chi connectivity index (χ2n) is 25.0. The van der Waals surface area contributed by atoms with E-state index in [4.69, 9.17) is 0 Å². The molecule has 0 bridgehead atoms. The van der Waals surface area contributed by atoms with Gasteiger partial charge in [-0.3, -0.25) is 0 Å². The molecule has 0 atom stereocenters. The van der Waals surface area contributed by atoms with Crippen LogP contribution in [0.2, 0.25) is 11.5 Å². The molecular weight excluding hydrogens is 1290 g/mol. The van der Waals surface area contributed by atoms with Gasteiger partial charge in [0.2, 0.25) is 0 Å². The van der Waals surface area contributed by atoms with Crippen molar-refractivity contribution < 1.29 is 0 Å². The zero-order valence-electron chi connectivity index (χ0n) is 59.7. The fourth-order valence-electron chi connectivity index (χ4n) is 12.8. The van der Waals surface area contributed by atoms with Crippen LogP contribution in [0.3, 0.4) is 0 Å². The first kappa shape index (κ1) is 74.2. The summed E-state index contributed by atoms with van der Waals surface area (Å²) in [6, 6.07) is 98.1. The number of fused-ring (bicyclic) bond motifs is 11. The molecule has 2 aromatic heterocycles. The van der Waals surface area contributed by atoms with Gasteiger partial charge >= 0.3 is 108 Å². The minimum Gasteiger partial charge on any atom is -0.143 e. The van der Waals surface area contributed by atoms with E-state index in [1.165, 1.54) is 139 Å². The summed E-state index contributed by atoms with van der Waals surface area (Å²) in [5, 5.41) is 8.37. The van der Waals surface area contributed by atoms with Crippen LogP contribution in [0.1, 0.15) is 109 Å². The molecule has 0 fully saturated rings. The van der Waals surface area contributed by atoms with Crippen LogP contribution < -0.4 is 4.40 Å². The molecule has 0 unspecified atom stereocenters. The molecule has 0 N–H and O–H groups in total. The fraction of sp³-hybridized carbons (Fsp3) is 0.183. The molecule has 0 spiro atoms. The van der Waals surface area contributed by atoms with Gasteiger partial charge < -0.3 is 0 Å². The van der Waals surface area contributed by atoms with E-state index in [2.05, 4.69) is 343 Å². The van der Waals surface area contributed by atoms with Crippen LogP contribution in [0.15, 0.2) is 313 Å². The SMILES string of the molecule is C=C/C=C\[C](=C/C)[Ge]([CH3])([CH3])[c]1ccc(C)cc1.CC.CCC.CCc1cccc2sc3ccccc3c12.Cc1ccc(S)cc1.Cc1ccc2c(c1)C(c1ccccc1)(c1ccccc1)c1cc(C)c3ccccc3c1-2.Cc1cccc2sc3ccccc3c12.Cc1ccccc1. The van der Waals surface area contributed by atoms with Crippen molar-refractivity contribution in [1.29, 1.82) is 0 Å². The third-order valence-corrected chi connectivity index (χ3v) is 27.9. The predicted octanol–water partition coefficient (Wildman–Crippen LogP) is 27.7. The quantitative estimate of drug-likeness (QED) is 0.0918. The zero-order valence-corrected chi connectivity index (χ0v) is 64.3. The predicted molar refractivity (Wildman–Crippen MR) is 442 cm³/mol. The minimum absolute atomic E-state index is 0.325. The Morgan fingerprint density at radius 2 is 0.887 bits per heavy atom. The Kier molecular flexibility index (Phi) is 27.7. The summed E-state index contributed by atoms with van der Waals surface area (Å²) in [5.74, 6) is 4.88. The van der Waals surface area contributed by atoms with E-state index < -0.39 is 13.3 Å². The summed E-state index contributed by atoms with van der Waals surface area (Å²) in [5.41, 5.74) is 17.2. The van der Waals surface area contributed by atoms with Gasteiger partial charge in [0, 0.05) is 45.2 Å². The number of benzene rings is 12. The maximum Gasteiger partial charge on any atom is 0.0713 e. The van der Waals surface area contributed by atoms with E-state index >= 15 is 0 Å². The van der Waals surface area contributed by atoms with E-state index in [9.17, 15) is 0 Å². The van der Waals surface area contributed by atoms with Gasteiger partial charge in [-0.05, 0) is 138 Å². The summed E-state index contributed by atoms with van der Waals surface area (Å²) in [4.78, 5) is 1.02. The standard InChI is InChI=1S/C31H24.C16H22Ge.C14H12S.C13H10S.C7H8S.C7H8.C3H8.C2H6/c1-21-17-18-27-28(19-21)31(23-11-5-3-6-12-23,24-13-7-4-8-14-24)29-20-22(2)25-15-9-10-16-26(25)30(27)29;1-6-8-9-15(7-2)17(4,5)16-12-10-14(3)11-13-16;1-2-10-6-5-9-13-14(10)11-7-3-4-8-12(11)15-13;1-9-5-4-8-12-13(9)10-6-2-3-7-11(10)14-12;1-6-2-4-7(8)5-3-6;1-7-5-3-2-4-6-7;1-3-2;1-2/h3-20H,1-2H3;6-13H,1H2,2-5H3;3-9H,2H2,1H3;2-8H,1H3;2-5,8H,1H3;2-6H,1H3;3H2,1-2H3;1-2H3/b;9-8-,15-7+;;;;;;. The first-order chi connectivity index (χ1) is 47.1. The molecule has 15 rings (SSSR count). The van der Waals surface area contributed by atoms with Gasteiger partial charge in [-0.2, -0.15) is 0 Å². The molecular formula is C93H98GeS3. The number of thiol groups is 1. The smallest absolute Gasteiger partial charge is 0.0713 e. The number of hydrogen-bond donors (Lipinski definition) is 1. The Morgan fingerprint density at radius 3 is 1.39 bits per heavy atom. The van der Waals surface area contributed by atoms with Crippen LogP contribution >= 0.6 is 35.3 Å². The van der Waals surface area contributed by atoms with Crippen LogP contribution in [0, 0.1) is 41.5 Å². The van der Waals surface area contributed by atoms with Crippen molar-refractivity contribution in [2.75, 3.05) is 0 Å². The van der Waals surface area contributed by atoms with Crippen molar-refractivity contribution in [3.8, 4) is 11.1 Å². The summed E-state index contributed by atoms with van der Waals surface area (Å²) in [6.07, 6.45) is 10.7. The van der Waals surface area contributed by atoms with E-state index in [-0.39, 0.29) is 5.41 Å². The summed E-state index contributed by atoms with van der Waals surface area (Å²) >= 11 is 5.81. The van der Waals surface area contributed by atoms with Crippen molar-refractivity contribution in [3.63, 3.8) is 0 Å². The van der Waals surface area contributed by atoms with Crippen molar-refractivity contribution in [3.05, 3.63) is 369 Å². The normalized spacial score (nSPS) is 11.7. The monoisotopic (exact) mass is 1380 g/mol. The van der Waals surface area contributed by atoms with E-state index in [1.54, 1.807) is 0 Å². The van der Waals surface area contributed by atoms with Gasteiger partial charge in [-0.15, -0.1) is 35.3 Å². The van der Waals surface area contributed by atoms with Crippen molar-refractivity contribution in [1.82, 2.24) is 0 Å². The minimum atomic E-state index is -2.09. The molecule has 12 aromatic carbocycles. The molecule has 0 amide bonds. The molecule has 97 heavy (non-hydrogen) atoms. The Bertz CT molecular complexity index is 4790. The Hall–Kier alpha value is -8.55. The van der Waals surface area contributed by atoms with Crippen molar-refractivity contribution in [2.24, 2.45) is 0 Å². The van der Waals surface area contributed by atoms with Gasteiger partial charge in [0.25, 0.3) is 0 Å². The molecule has 1 aliphatic carbocycles. The van der Waals surface area contributed by atoms with Crippen LogP contribution in [-0.4, -0.2) is 13.3 Å². The molecule has 0 nitrogen and oxygen atoms in total. The number of aryl methyl sites for hydroxylation is 7. The van der Waals surface area contributed by atoms with Gasteiger partial charge in [-0.1, -0.05) is 270 Å². The second-order valence-corrected chi connectivity index (χ2v) is 36.9. The first-order valence-corrected chi connectivity index (χ1v) is 42.8. The molecule has 0 saturated carbocycles. The zero-order chi connectivity index (χ0) is 69.5. The number of thiophene rings is 2. The third kappa shape index (κ3) is 17.8. The molecule has 14 aromatic rings. The molecule has 4 heteroatoms. The molecule has 2 heterocycles. The summed E-state index contributed by atoms with van der Waals surface area (Å²) in [7, 11) is 0. The molecule has 0 radical (unpaired) electrons. The van der Waals surface area contributed by atoms with Crippen LogP contribution in [0.4, 0.5) is 0 Å². The Balaban J connectivity index is 0.000000157. The second kappa shape index (κ2) is 36.2. The summed E-state index contributed by atoms with van der Waals surface area (Å²) < 4.78 is 8.61. The summed E-state index contributed by atoms with van der Waals surface area (Å²) in [6.45, 7) is 29.3. The van der Waals surface area contributed by atoms with Crippen LogP contribution in [0.25, 0.3) is 62.2 Å². The maximum absolute atomic E-state index is 4.13. The third-order valence-electron chi connectivity index (χ3n) is 17.6. The number of rotatable bonds is 7. The Labute approximate surface area is 597 Å². The van der Waals surface area contributed by atoms with E-state index in [1.807, 2.05) is 91.1 Å². The topological polar surface area (TPSA) is 0 Å².